The third kappa shape index (κ3) is 9.74. The summed E-state index contributed by atoms with van der Waals surface area (Å²) in [7, 11) is 1.34. The molecule has 0 aliphatic rings. The van der Waals surface area contributed by atoms with Crippen LogP contribution >= 0.6 is 0 Å². The van der Waals surface area contributed by atoms with E-state index in [9.17, 15) is 14.7 Å². The smallest absolute Gasteiger partial charge is 0.307 e. The van der Waals surface area contributed by atoms with E-state index in [4.69, 9.17) is 18.9 Å². The van der Waals surface area contributed by atoms with Crippen molar-refractivity contribution in [2.45, 2.75) is 33.1 Å². The Morgan fingerprint density at radius 3 is 2.07 bits per heavy atom. The number of carbonyl (C=O) groups excluding carboxylic acids is 2. The summed E-state index contributed by atoms with van der Waals surface area (Å²) in [5.41, 5.74) is 0.958. The first-order chi connectivity index (χ1) is 14.0. The summed E-state index contributed by atoms with van der Waals surface area (Å²) in [5, 5.41) is 10.3. The highest BCUT2D eigenvalue weighted by molar-refractivity contribution is 5.97. The van der Waals surface area contributed by atoms with E-state index < -0.39 is 0 Å². The van der Waals surface area contributed by atoms with Crippen LogP contribution in [0.25, 0.3) is 0 Å². The molecule has 1 aromatic rings. The average Bonchev–Trinajstić information content (AvgIpc) is 2.70. The molecule has 1 N–H and O–H groups in total. The van der Waals surface area contributed by atoms with E-state index >= 15 is 0 Å². The molecule has 0 heterocycles. The second-order valence-electron chi connectivity index (χ2n) is 6.26. The molecule has 29 heavy (non-hydrogen) atoms. The minimum Gasteiger partial charge on any atom is -0.507 e. The summed E-state index contributed by atoms with van der Waals surface area (Å²) in [6.45, 7) is 6.10. The molecule has 0 atom stereocenters. The van der Waals surface area contributed by atoms with Crippen LogP contribution < -0.4 is 4.74 Å². The predicted octanol–water partition coefficient (Wildman–Crippen LogP) is 2.54. The number of Topliss-reactive ketones (excluding diaryl/α,β-unsaturated/α-hetero) is 1. The first-order valence-corrected chi connectivity index (χ1v) is 9.79. The molecule has 1 rings (SSSR count). The normalized spacial score (nSPS) is 10.7. The zero-order valence-corrected chi connectivity index (χ0v) is 17.5. The van der Waals surface area contributed by atoms with Crippen molar-refractivity contribution in [1.29, 1.82) is 0 Å². The van der Waals surface area contributed by atoms with Crippen LogP contribution in [0, 0.1) is 0 Å². The zero-order chi connectivity index (χ0) is 21.5. The van der Waals surface area contributed by atoms with Crippen molar-refractivity contribution >= 4 is 11.8 Å². The van der Waals surface area contributed by atoms with E-state index in [1.165, 1.54) is 14.0 Å². The molecule has 0 aliphatic heterocycles. The van der Waals surface area contributed by atoms with Gasteiger partial charge in [0.15, 0.2) is 5.78 Å². The lowest BCUT2D eigenvalue weighted by molar-refractivity contribution is -0.141. The van der Waals surface area contributed by atoms with Crippen LogP contribution in [0.4, 0.5) is 0 Å². The van der Waals surface area contributed by atoms with Gasteiger partial charge < -0.3 is 28.8 Å². The van der Waals surface area contributed by atoms with Crippen molar-refractivity contribution in [1.82, 2.24) is 0 Å². The quantitative estimate of drug-likeness (QED) is 0.251. The predicted molar refractivity (Wildman–Crippen MR) is 107 cm³/mol. The fraction of sp³-hybridized carbons (Fsp3) is 0.619. The number of aromatic hydroxyl groups is 1. The Bertz CT molecular complexity index is 629. The van der Waals surface area contributed by atoms with Gasteiger partial charge in [-0.2, -0.15) is 0 Å². The lowest BCUT2D eigenvalue weighted by Gasteiger charge is -2.14. The number of phenols is 1. The Kier molecular flexibility index (Phi) is 12.7. The molecule has 0 fully saturated rings. The van der Waals surface area contributed by atoms with Gasteiger partial charge in [0.05, 0.1) is 58.7 Å². The van der Waals surface area contributed by atoms with Crippen molar-refractivity contribution in [3.8, 4) is 11.5 Å². The Morgan fingerprint density at radius 2 is 1.52 bits per heavy atom. The number of carbonyl (C=O) groups is 2. The molecule has 0 aliphatic carbocycles. The fourth-order valence-corrected chi connectivity index (χ4v) is 2.54. The molecule has 0 bridgehead atoms. The Balaban J connectivity index is 2.17. The molecule has 0 aromatic heterocycles. The molecule has 0 unspecified atom stereocenters. The molecule has 0 spiro atoms. The van der Waals surface area contributed by atoms with E-state index in [2.05, 4.69) is 4.74 Å². The first kappa shape index (κ1) is 24.9. The van der Waals surface area contributed by atoms with Crippen LogP contribution in [-0.4, -0.2) is 70.2 Å². The van der Waals surface area contributed by atoms with Gasteiger partial charge in [-0.3, -0.25) is 9.59 Å². The van der Waals surface area contributed by atoms with Gasteiger partial charge in [0.25, 0.3) is 0 Å². The van der Waals surface area contributed by atoms with Gasteiger partial charge in [-0.25, -0.2) is 0 Å². The lowest BCUT2D eigenvalue weighted by atomic mass is 10.0. The van der Waals surface area contributed by atoms with Crippen molar-refractivity contribution in [2.75, 3.05) is 53.4 Å². The summed E-state index contributed by atoms with van der Waals surface area (Å²) in [6, 6.07) is 3.29. The number of hydrogen-bond donors (Lipinski definition) is 1. The van der Waals surface area contributed by atoms with Gasteiger partial charge in [-0.1, -0.05) is 13.3 Å². The first-order valence-electron chi connectivity index (χ1n) is 9.79. The summed E-state index contributed by atoms with van der Waals surface area (Å²) in [5.74, 6) is 0.0928. The molecule has 0 saturated carbocycles. The highest BCUT2D eigenvalue weighted by atomic mass is 16.6. The van der Waals surface area contributed by atoms with Crippen LogP contribution in [0.1, 0.15) is 42.6 Å². The average molecular weight is 412 g/mol. The lowest BCUT2D eigenvalue weighted by Crippen LogP contribution is -2.14. The standard InChI is InChI=1S/C21H32O8/c1-4-5-18-19(7-6-17(16(2)22)21(18)24)29-15-14-28-13-12-27-11-10-26-9-8-20(23)25-3/h6-7,24H,4-5,8-15H2,1-3H3. The zero-order valence-electron chi connectivity index (χ0n) is 17.5. The maximum absolute atomic E-state index is 11.6. The molecule has 8 heteroatoms. The van der Waals surface area contributed by atoms with E-state index in [0.29, 0.717) is 69.5 Å². The fourth-order valence-electron chi connectivity index (χ4n) is 2.54. The second-order valence-corrected chi connectivity index (χ2v) is 6.26. The third-order valence-electron chi connectivity index (χ3n) is 4.03. The number of phenolic OH excluding ortho intramolecular Hbond substituents is 1. The highest BCUT2D eigenvalue weighted by Crippen LogP contribution is 2.32. The molecular formula is C21H32O8. The summed E-state index contributed by atoms with van der Waals surface area (Å²) < 4.78 is 26.3. The summed E-state index contributed by atoms with van der Waals surface area (Å²) in [4.78, 5) is 22.5. The van der Waals surface area contributed by atoms with Crippen molar-refractivity contribution in [3.05, 3.63) is 23.3 Å². The SMILES string of the molecule is CCCc1c(OCCOCCOCCOCCC(=O)OC)ccc(C(C)=O)c1O. The van der Waals surface area contributed by atoms with Crippen LogP contribution in [0.15, 0.2) is 12.1 Å². The van der Waals surface area contributed by atoms with Crippen LogP contribution in [-0.2, 0) is 30.2 Å². The van der Waals surface area contributed by atoms with Gasteiger partial charge >= 0.3 is 5.97 Å². The topological polar surface area (TPSA) is 101 Å². The van der Waals surface area contributed by atoms with Crippen molar-refractivity contribution in [2.24, 2.45) is 0 Å². The van der Waals surface area contributed by atoms with Gasteiger partial charge in [0, 0.05) is 5.56 Å². The van der Waals surface area contributed by atoms with Gasteiger partial charge in [-0.05, 0) is 25.5 Å². The molecular weight excluding hydrogens is 380 g/mol. The van der Waals surface area contributed by atoms with Crippen LogP contribution in [0.3, 0.4) is 0 Å². The Labute approximate surface area is 172 Å². The van der Waals surface area contributed by atoms with E-state index in [0.717, 1.165) is 6.42 Å². The number of ketones is 1. The monoisotopic (exact) mass is 412 g/mol. The third-order valence-corrected chi connectivity index (χ3v) is 4.03. The number of esters is 1. The van der Waals surface area contributed by atoms with Gasteiger partial charge in [0.2, 0.25) is 0 Å². The maximum atomic E-state index is 11.6. The molecule has 0 radical (unpaired) electrons. The number of hydrogen-bond acceptors (Lipinski definition) is 8. The second kappa shape index (κ2) is 14.8. The molecule has 0 amide bonds. The summed E-state index contributed by atoms with van der Waals surface area (Å²) >= 11 is 0. The Hall–Kier alpha value is -2.16. The van der Waals surface area contributed by atoms with E-state index in [-0.39, 0.29) is 23.9 Å². The molecule has 164 valence electrons. The highest BCUT2D eigenvalue weighted by Gasteiger charge is 2.15. The Morgan fingerprint density at radius 1 is 0.931 bits per heavy atom. The number of ether oxygens (including phenoxy) is 5. The minimum absolute atomic E-state index is 0.0000246. The maximum Gasteiger partial charge on any atom is 0.307 e. The largest absolute Gasteiger partial charge is 0.507 e. The van der Waals surface area contributed by atoms with Crippen molar-refractivity contribution < 1.29 is 38.4 Å². The van der Waals surface area contributed by atoms with Crippen LogP contribution in [0.5, 0.6) is 11.5 Å². The van der Waals surface area contributed by atoms with E-state index in [1.54, 1.807) is 12.1 Å². The van der Waals surface area contributed by atoms with Crippen LogP contribution in [0.2, 0.25) is 0 Å². The number of methoxy groups -OCH3 is 1. The number of benzene rings is 1. The van der Waals surface area contributed by atoms with Gasteiger partial charge in [0.1, 0.15) is 18.1 Å². The van der Waals surface area contributed by atoms with Gasteiger partial charge in [-0.15, -0.1) is 0 Å². The minimum atomic E-state index is -0.298. The van der Waals surface area contributed by atoms with E-state index in [1.807, 2.05) is 6.92 Å². The summed E-state index contributed by atoms with van der Waals surface area (Å²) in [6.07, 6.45) is 1.68. The van der Waals surface area contributed by atoms with Crippen molar-refractivity contribution in [3.63, 3.8) is 0 Å². The molecule has 1 aromatic carbocycles. The molecule has 8 nitrogen and oxygen atoms in total. The number of rotatable bonds is 16. The molecule has 0 saturated heterocycles.